The van der Waals surface area contributed by atoms with Gasteiger partial charge in [0.15, 0.2) is 5.96 Å². The third-order valence-electron chi connectivity index (χ3n) is 4.52. The van der Waals surface area contributed by atoms with Crippen molar-refractivity contribution in [2.24, 2.45) is 12.0 Å². The molecule has 158 valence electrons. The van der Waals surface area contributed by atoms with Gasteiger partial charge in [-0.2, -0.15) is 5.10 Å². The molecule has 7 nitrogen and oxygen atoms in total. The predicted octanol–water partition coefficient (Wildman–Crippen LogP) is 2.65. The number of amides is 1. The number of hydrogen-bond acceptors (Lipinski definition) is 3. The van der Waals surface area contributed by atoms with E-state index in [-0.39, 0.29) is 5.91 Å². The van der Waals surface area contributed by atoms with Crippen LogP contribution in [0, 0.1) is 0 Å². The van der Waals surface area contributed by atoms with Crippen LogP contribution in [0.25, 0.3) is 0 Å². The van der Waals surface area contributed by atoms with Crippen molar-refractivity contribution >= 4 is 11.9 Å². The van der Waals surface area contributed by atoms with Gasteiger partial charge in [0.2, 0.25) is 5.91 Å². The molecular formula is C22H34N6O. The molecule has 0 aliphatic carbocycles. The standard InChI is InChI=1S/C22H34N6O/c1-6-23-22(27(4)15-19-16-28(5)26-21(19)17(2)3)24-13-12-20(29)25-14-18-10-8-7-9-11-18/h7-11,16-17H,6,12-15H2,1-5H3,(H,23,24)(H,25,29). The second-order valence-corrected chi connectivity index (χ2v) is 7.47. The maximum Gasteiger partial charge on any atom is 0.222 e. The number of aliphatic imine (C=N–C) groups is 1. The Morgan fingerprint density at radius 2 is 1.97 bits per heavy atom. The van der Waals surface area contributed by atoms with Crippen molar-refractivity contribution in [2.45, 2.75) is 46.2 Å². The van der Waals surface area contributed by atoms with Gasteiger partial charge >= 0.3 is 0 Å². The van der Waals surface area contributed by atoms with Crippen LogP contribution in [0.15, 0.2) is 41.5 Å². The molecule has 0 unspecified atom stereocenters. The van der Waals surface area contributed by atoms with Crippen molar-refractivity contribution < 1.29 is 4.79 Å². The lowest BCUT2D eigenvalue weighted by molar-refractivity contribution is -0.121. The molecule has 1 amide bonds. The first-order valence-electron chi connectivity index (χ1n) is 10.2. The summed E-state index contributed by atoms with van der Waals surface area (Å²) in [6.45, 7) is 8.82. The van der Waals surface area contributed by atoms with E-state index >= 15 is 0 Å². The van der Waals surface area contributed by atoms with E-state index in [4.69, 9.17) is 0 Å². The molecule has 2 aromatic rings. The number of guanidine groups is 1. The maximum atomic E-state index is 12.1. The van der Waals surface area contributed by atoms with Gasteiger partial charge < -0.3 is 15.5 Å². The highest BCUT2D eigenvalue weighted by atomic mass is 16.1. The zero-order chi connectivity index (χ0) is 21.2. The molecule has 2 rings (SSSR count). The Kier molecular flexibility index (Phi) is 8.70. The SMILES string of the molecule is CCNC(=NCCC(=O)NCc1ccccc1)N(C)Cc1cn(C)nc1C(C)C. The number of benzene rings is 1. The zero-order valence-corrected chi connectivity index (χ0v) is 18.3. The highest BCUT2D eigenvalue weighted by Crippen LogP contribution is 2.18. The number of carbonyl (C=O) groups excluding carboxylic acids is 1. The van der Waals surface area contributed by atoms with E-state index in [1.165, 1.54) is 5.56 Å². The molecule has 0 aliphatic rings. The molecule has 0 saturated carbocycles. The van der Waals surface area contributed by atoms with Crippen LogP contribution in [0.3, 0.4) is 0 Å². The first-order chi connectivity index (χ1) is 13.9. The van der Waals surface area contributed by atoms with Crippen LogP contribution in [0.2, 0.25) is 0 Å². The molecule has 0 saturated heterocycles. The summed E-state index contributed by atoms with van der Waals surface area (Å²) in [5, 5.41) is 10.8. The molecular weight excluding hydrogens is 364 g/mol. The zero-order valence-electron chi connectivity index (χ0n) is 18.3. The summed E-state index contributed by atoms with van der Waals surface area (Å²) in [6, 6.07) is 9.91. The van der Waals surface area contributed by atoms with Gasteiger partial charge in [0.1, 0.15) is 0 Å². The predicted molar refractivity (Wildman–Crippen MR) is 118 cm³/mol. The highest BCUT2D eigenvalue weighted by molar-refractivity contribution is 5.80. The van der Waals surface area contributed by atoms with Crippen LogP contribution in [0.5, 0.6) is 0 Å². The number of hydrogen-bond donors (Lipinski definition) is 2. The molecule has 29 heavy (non-hydrogen) atoms. The normalized spacial score (nSPS) is 11.6. The lowest BCUT2D eigenvalue weighted by atomic mass is 10.1. The molecule has 0 aliphatic heterocycles. The van der Waals surface area contributed by atoms with Crippen LogP contribution in [0.4, 0.5) is 0 Å². The van der Waals surface area contributed by atoms with Crippen molar-refractivity contribution in [1.29, 1.82) is 0 Å². The summed E-state index contributed by atoms with van der Waals surface area (Å²) >= 11 is 0. The van der Waals surface area contributed by atoms with E-state index in [1.54, 1.807) is 0 Å². The molecule has 0 bridgehead atoms. The smallest absolute Gasteiger partial charge is 0.222 e. The summed E-state index contributed by atoms with van der Waals surface area (Å²) in [5.74, 6) is 1.17. The fraction of sp³-hybridized carbons (Fsp3) is 0.500. The molecule has 0 fully saturated rings. The Hall–Kier alpha value is -2.83. The molecule has 0 spiro atoms. The van der Waals surface area contributed by atoms with Gasteiger partial charge in [-0.25, -0.2) is 0 Å². The van der Waals surface area contributed by atoms with Crippen molar-refractivity contribution in [3.8, 4) is 0 Å². The minimum absolute atomic E-state index is 0.00505. The lowest BCUT2D eigenvalue weighted by Crippen LogP contribution is -2.39. The van der Waals surface area contributed by atoms with Crippen LogP contribution in [0.1, 0.15) is 49.9 Å². The molecule has 1 heterocycles. The molecule has 0 radical (unpaired) electrons. The van der Waals surface area contributed by atoms with E-state index < -0.39 is 0 Å². The summed E-state index contributed by atoms with van der Waals surface area (Å²) in [4.78, 5) is 18.8. The summed E-state index contributed by atoms with van der Waals surface area (Å²) in [5.41, 5.74) is 3.39. The topological polar surface area (TPSA) is 74.6 Å². The Labute approximate surface area is 174 Å². The van der Waals surface area contributed by atoms with Gasteiger partial charge in [0.25, 0.3) is 0 Å². The average Bonchev–Trinajstić information content (AvgIpc) is 3.07. The quantitative estimate of drug-likeness (QED) is 0.503. The summed E-state index contributed by atoms with van der Waals surface area (Å²) in [7, 11) is 3.96. The molecule has 0 atom stereocenters. The van der Waals surface area contributed by atoms with Crippen LogP contribution < -0.4 is 10.6 Å². The van der Waals surface area contributed by atoms with Gasteiger partial charge in [-0.15, -0.1) is 0 Å². The minimum Gasteiger partial charge on any atom is -0.357 e. The maximum absolute atomic E-state index is 12.1. The van der Waals surface area contributed by atoms with E-state index in [1.807, 2.05) is 56.0 Å². The number of aromatic nitrogens is 2. The van der Waals surface area contributed by atoms with E-state index in [9.17, 15) is 4.79 Å². The molecule has 2 N–H and O–H groups in total. The second kappa shape index (κ2) is 11.2. The Balaban J connectivity index is 1.90. The van der Waals surface area contributed by atoms with Crippen LogP contribution >= 0.6 is 0 Å². The summed E-state index contributed by atoms with van der Waals surface area (Å²) in [6.07, 6.45) is 2.42. The first kappa shape index (κ1) is 22.5. The second-order valence-electron chi connectivity index (χ2n) is 7.47. The van der Waals surface area contributed by atoms with Gasteiger partial charge in [0.05, 0.1) is 12.2 Å². The molecule has 1 aromatic heterocycles. The molecule has 1 aromatic carbocycles. The number of nitrogens with one attached hydrogen (secondary N) is 2. The lowest BCUT2D eigenvalue weighted by Gasteiger charge is -2.22. The first-order valence-corrected chi connectivity index (χ1v) is 10.2. The number of aryl methyl sites for hydroxylation is 1. The fourth-order valence-corrected chi connectivity index (χ4v) is 3.11. The Bertz CT molecular complexity index is 797. The van der Waals surface area contributed by atoms with Gasteiger partial charge in [-0.05, 0) is 18.4 Å². The molecule has 7 heteroatoms. The number of nitrogens with zero attached hydrogens (tertiary/aromatic N) is 4. The third kappa shape index (κ3) is 7.25. The van der Waals surface area contributed by atoms with Crippen LogP contribution in [-0.4, -0.2) is 46.7 Å². The largest absolute Gasteiger partial charge is 0.357 e. The van der Waals surface area contributed by atoms with Gasteiger partial charge in [0, 0.05) is 51.9 Å². The van der Waals surface area contributed by atoms with E-state index in [0.29, 0.717) is 32.0 Å². The van der Waals surface area contributed by atoms with Gasteiger partial charge in [-0.1, -0.05) is 44.2 Å². The monoisotopic (exact) mass is 398 g/mol. The third-order valence-corrected chi connectivity index (χ3v) is 4.52. The van der Waals surface area contributed by atoms with Crippen molar-refractivity contribution in [3.63, 3.8) is 0 Å². The van der Waals surface area contributed by atoms with Crippen molar-refractivity contribution in [1.82, 2.24) is 25.3 Å². The van der Waals surface area contributed by atoms with Crippen molar-refractivity contribution in [2.75, 3.05) is 20.1 Å². The number of carbonyl (C=O) groups is 1. The van der Waals surface area contributed by atoms with Crippen LogP contribution in [-0.2, 0) is 24.9 Å². The Morgan fingerprint density at radius 3 is 2.62 bits per heavy atom. The fourth-order valence-electron chi connectivity index (χ4n) is 3.11. The highest BCUT2D eigenvalue weighted by Gasteiger charge is 2.15. The number of rotatable bonds is 9. The van der Waals surface area contributed by atoms with Gasteiger partial charge in [-0.3, -0.25) is 14.5 Å². The van der Waals surface area contributed by atoms with E-state index in [2.05, 4.69) is 45.7 Å². The Morgan fingerprint density at radius 1 is 1.24 bits per heavy atom. The summed E-state index contributed by atoms with van der Waals surface area (Å²) < 4.78 is 1.86. The van der Waals surface area contributed by atoms with Crippen molar-refractivity contribution in [3.05, 3.63) is 53.3 Å². The average molecular weight is 399 g/mol. The minimum atomic E-state index is 0.00505. The van der Waals surface area contributed by atoms with E-state index in [0.717, 1.165) is 23.8 Å².